The van der Waals surface area contributed by atoms with Crippen molar-refractivity contribution in [1.29, 1.82) is 0 Å². The van der Waals surface area contributed by atoms with Crippen molar-refractivity contribution in [3.05, 3.63) is 0 Å². The zero-order chi connectivity index (χ0) is 16.4. The van der Waals surface area contributed by atoms with E-state index in [2.05, 4.69) is 46.4 Å². The van der Waals surface area contributed by atoms with Gasteiger partial charge in [0, 0.05) is 6.61 Å². The summed E-state index contributed by atoms with van der Waals surface area (Å²) in [5.74, 6) is 0. The highest BCUT2D eigenvalue weighted by Gasteiger charge is 2.46. The molecule has 2 heteroatoms. The molecule has 1 heterocycles. The third-order valence-electron chi connectivity index (χ3n) is 5.62. The van der Waals surface area contributed by atoms with Gasteiger partial charge in [-0.25, -0.2) is 0 Å². The number of piperidine rings is 1. The summed E-state index contributed by atoms with van der Waals surface area (Å²) >= 11 is 0. The number of likely N-dealkylation sites (tertiary alicyclic amines) is 1. The van der Waals surface area contributed by atoms with Gasteiger partial charge in [-0.2, -0.15) is 0 Å². The average Bonchev–Trinajstić information content (AvgIpc) is 2.33. The number of rotatable bonds is 5. The molecule has 0 atom stereocenters. The van der Waals surface area contributed by atoms with E-state index >= 15 is 0 Å². The van der Waals surface area contributed by atoms with Crippen molar-refractivity contribution in [2.24, 2.45) is 16.2 Å². The Bertz CT molecular complexity index is 326. The van der Waals surface area contributed by atoms with Gasteiger partial charge in [0.25, 0.3) is 0 Å². The van der Waals surface area contributed by atoms with Gasteiger partial charge in [-0.05, 0) is 74.4 Å². The monoisotopic (exact) mass is 309 g/mol. The lowest BCUT2D eigenvalue weighted by Crippen LogP contribution is -2.50. The van der Waals surface area contributed by atoms with Gasteiger partial charge in [0.2, 0.25) is 0 Å². The van der Waals surface area contributed by atoms with Gasteiger partial charge in [0.15, 0.2) is 0 Å². The Hall–Kier alpha value is -0.0800. The van der Waals surface area contributed by atoms with Crippen LogP contribution >= 0.6 is 0 Å². The Morgan fingerprint density at radius 1 is 0.909 bits per heavy atom. The molecule has 1 saturated carbocycles. The maximum absolute atomic E-state index is 6.09. The van der Waals surface area contributed by atoms with E-state index in [0.29, 0.717) is 22.3 Å². The molecule has 1 aliphatic heterocycles. The second kappa shape index (κ2) is 6.81. The fourth-order valence-corrected chi connectivity index (χ4v) is 3.71. The van der Waals surface area contributed by atoms with E-state index in [1.54, 1.807) is 0 Å². The van der Waals surface area contributed by atoms with Crippen LogP contribution < -0.4 is 0 Å². The number of nitrogens with zero attached hydrogens (tertiary/aromatic N) is 1. The lowest BCUT2D eigenvalue weighted by atomic mass is 9.61. The minimum Gasteiger partial charge on any atom is -0.378 e. The van der Waals surface area contributed by atoms with E-state index in [1.807, 2.05) is 0 Å². The number of hydrogen-bond donors (Lipinski definition) is 0. The zero-order valence-electron chi connectivity index (χ0n) is 16.0. The normalized spacial score (nSPS) is 23.7. The highest BCUT2D eigenvalue weighted by atomic mass is 16.5. The molecule has 0 aromatic heterocycles. The van der Waals surface area contributed by atoms with E-state index in [-0.39, 0.29) is 0 Å². The predicted molar refractivity (Wildman–Crippen MR) is 95.2 cm³/mol. The van der Waals surface area contributed by atoms with Gasteiger partial charge >= 0.3 is 0 Å². The molecule has 130 valence electrons. The van der Waals surface area contributed by atoms with Crippen molar-refractivity contribution >= 4 is 0 Å². The van der Waals surface area contributed by atoms with Crippen molar-refractivity contribution < 1.29 is 4.74 Å². The molecule has 2 rings (SSSR count). The summed E-state index contributed by atoms with van der Waals surface area (Å²) in [5, 5.41) is 0. The highest BCUT2D eigenvalue weighted by Crippen LogP contribution is 2.50. The summed E-state index contributed by atoms with van der Waals surface area (Å²) in [4.78, 5) is 2.68. The quantitative estimate of drug-likeness (QED) is 0.699. The molecule has 1 saturated heterocycles. The maximum atomic E-state index is 6.09. The Balaban J connectivity index is 1.60. The first kappa shape index (κ1) is 18.3. The Kier molecular flexibility index (Phi) is 5.65. The molecular formula is C20H39NO. The number of hydrogen-bond acceptors (Lipinski definition) is 2. The summed E-state index contributed by atoms with van der Waals surface area (Å²) < 4.78 is 6.09. The molecule has 1 spiro atoms. The molecule has 1 aliphatic carbocycles. The Morgan fingerprint density at radius 2 is 1.45 bits per heavy atom. The van der Waals surface area contributed by atoms with Crippen molar-refractivity contribution in [3.63, 3.8) is 0 Å². The van der Waals surface area contributed by atoms with Crippen LogP contribution in [0.5, 0.6) is 0 Å². The second-order valence-electron chi connectivity index (χ2n) is 10.4. The standard InChI is InChI=1S/C20H39NO/c1-18(2,3)7-11-21-12-8-20(9-13-21)15-17(16-20)22-14-10-19(4,5)6/h17H,7-16H2,1-6H3. The molecule has 0 aromatic carbocycles. The minimum absolute atomic E-state index is 0.403. The fraction of sp³-hybridized carbons (Fsp3) is 1.00. The highest BCUT2D eigenvalue weighted by molar-refractivity contribution is 4.98. The van der Waals surface area contributed by atoms with Crippen molar-refractivity contribution in [3.8, 4) is 0 Å². The SMILES string of the molecule is CC(C)(C)CCOC1CC2(CCN(CCC(C)(C)C)CC2)C1. The predicted octanol–water partition coefficient (Wildman–Crippen LogP) is 5.12. The van der Waals surface area contributed by atoms with Crippen LogP contribution in [0.3, 0.4) is 0 Å². The first-order valence-corrected chi connectivity index (χ1v) is 9.41. The summed E-state index contributed by atoms with van der Waals surface area (Å²) in [5.41, 5.74) is 1.52. The van der Waals surface area contributed by atoms with E-state index in [4.69, 9.17) is 4.74 Å². The molecule has 0 unspecified atom stereocenters. The van der Waals surface area contributed by atoms with Gasteiger partial charge in [-0.15, -0.1) is 0 Å². The van der Waals surface area contributed by atoms with Crippen LogP contribution in [0.2, 0.25) is 0 Å². The zero-order valence-corrected chi connectivity index (χ0v) is 16.0. The van der Waals surface area contributed by atoms with Crippen molar-refractivity contribution in [1.82, 2.24) is 4.90 Å². The van der Waals surface area contributed by atoms with Gasteiger partial charge < -0.3 is 9.64 Å². The number of ether oxygens (including phenoxy) is 1. The summed E-state index contributed by atoms with van der Waals surface area (Å²) in [6.07, 6.45) is 8.50. The third-order valence-corrected chi connectivity index (χ3v) is 5.62. The molecule has 0 aromatic rings. The van der Waals surface area contributed by atoms with Crippen LogP contribution in [0, 0.1) is 16.2 Å². The maximum Gasteiger partial charge on any atom is 0.0585 e. The summed E-state index contributed by atoms with van der Waals surface area (Å²) in [6.45, 7) is 18.8. The average molecular weight is 310 g/mol. The molecule has 0 amide bonds. The molecule has 0 N–H and O–H groups in total. The Labute approximate surface area is 139 Å². The fourth-order valence-electron chi connectivity index (χ4n) is 3.71. The molecule has 2 nitrogen and oxygen atoms in total. The smallest absolute Gasteiger partial charge is 0.0585 e. The summed E-state index contributed by atoms with van der Waals surface area (Å²) in [7, 11) is 0. The molecular weight excluding hydrogens is 270 g/mol. The topological polar surface area (TPSA) is 12.5 Å². The first-order chi connectivity index (χ1) is 10.1. The second-order valence-corrected chi connectivity index (χ2v) is 10.4. The lowest BCUT2D eigenvalue weighted by Gasteiger charge is -2.52. The Morgan fingerprint density at radius 3 is 1.95 bits per heavy atom. The molecule has 0 bridgehead atoms. The molecule has 0 radical (unpaired) electrons. The summed E-state index contributed by atoms with van der Waals surface area (Å²) in [6, 6.07) is 0. The van der Waals surface area contributed by atoms with Crippen molar-refractivity contribution in [2.75, 3.05) is 26.2 Å². The van der Waals surface area contributed by atoms with E-state index < -0.39 is 0 Å². The molecule has 2 aliphatic rings. The van der Waals surface area contributed by atoms with Crippen molar-refractivity contribution in [2.45, 2.75) is 86.2 Å². The van der Waals surface area contributed by atoms with E-state index in [9.17, 15) is 0 Å². The van der Waals surface area contributed by atoms with Gasteiger partial charge in [-0.1, -0.05) is 41.5 Å². The molecule has 2 fully saturated rings. The van der Waals surface area contributed by atoms with Gasteiger partial charge in [0.1, 0.15) is 0 Å². The van der Waals surface area contributed by atoms with Crippen LogP contribution in [-0.2, 0) is 4.74 Å². The largest absolute Gasteiger partial charge is 0.378 e. The van der Waals surface area contributed by atoms with E-state index in [1.165, 1.54) is 58.2 Å². The van der Waals surface area contributed by atoms with Crippen LogP contribution in [0.15, 0.2) is 0 Å². The molecule has 22 heavy (non-hydrogen) atoms. The van der Waals surface area contributed by atoms with E-state index in [0.717, 1.165) is 6.61 Å². The van der Waals surface area contributed by atoms with Gasteiger partial charge in [0.05, 0.1) is 6.10 Å². The van der Waals surface area contributed by atoms with Crippen LogP contribution in [0.4, 0.5) is 0 Å². The van der Waals surface area contributed by atoms with Crippen LogP contribution in [0.25, 0.3) is 0 Å². The minimum atomic E-state index is 0.403. The van der Waals surface area contributed by atoms with Crippen LogP contribution in [-0.4, -0.2) is 37.2 Å². The first-order valence-electron chi connectivity index (χ1n) is 9.41. The van der Waals surface area contributed by atoms with Crippen LogP contribution in [0.1, 0.15) is 80.1 Å². The lowest BCUT2D eigenvalue weighted by molar-refractivity contribution is -0.108. The third kappa shape index (κ3) is 5.85. The van der Waals surface area contributed by atoms with Gasteiger partial charge in [-0.3, -0.25) is 0 Å².